The van der Waals surface area contributed by atoms with Crippen molar-refractivity contribution in [1.29, 1.82) is 0 Å². The van der Waals surface area contributed by atoms with Crippen LogP contribution < -0.4 is 4.31 Å². The molecule has 32 heavy (non-hydrogen) atoms. The summed E-state index contributed by atoms with van der Waals surface area (Å²) in [5.41, 5.74) is 1.23. The van der Waals surface area contributed by atoms with Crippen LogP contribution in [0.2, 0.25) is 10.0 Å². The summed E-state index contributed by atoms with van der Waals surface area (Å²) in [6.45, 7) is 0.277. The molecule has 9 heteroatoms. The SMILES string of the molecule is O=C(Cc1ccc2c(c1)N(S(=O)(=O)c1ccc(Cl)cc1)CCC2)c1c(F)ccc(F)c1Cl. The molecular formula is C23H17Cl2F2NO3S. The standard InChI is InChI=1S/C23H17Cl2F2NO3S/c24-16-5-7-17(8-6-16)32(30,31)28-11-1-2-15-4-3-14(12-20(15)28)13-21(29)22-18(26)9-10-19(27)23(22)25/h3-10,12H,1-2,11,13H2. The maximum absolute atomic E-state index is 14.1. The topological polar surface area (TPSA) is 54.5 Å². The van der Waals surface area contributed by atoms with E-state index in [0.29, 0.717) is 29.1 Å². The Morgan fingerprint density at radius 3 is 2.38 bits per heavy atom. The van der Waals surface area contributed by atoms with Gasteiger partial charge in [0.1, 0.15) is 11.6 Å². The highest BCUT2D eigenvalue weighted by Gasteiger charge is 2.29. The zero-order valence-electron chi connectivity index (χ0n) is 16.6. The summed E-state index contributed by atoms with van der Waals surface area (Å²) < 4.78 is 55.6. The van der Waals surface area contributed by atoms with Crippen molar-refractivity contribution < 1.29 is 22.0 Å². The lowest BCUT2D eigenvalue weighted by Crippen LogP contribution is -2.35. The zero-order valence-corrected chi connectivity index (χ0v) is 18.9. The quantitative estimate of drug-likeness (QED) is 0.330. The normalized spacial score (nSPS) is 13.7. The molecule has 0 N–H and O–H groups in total. The number of ketones is 1. The minimum Gasteiger partial charge on any atom is -0.294 e. The third-order valence-electron chi connectivity index (χ3n) is 5.31. The number of rotatable bonds is 5. The molecule has 1 heterocycles. The lowest BCUT2D eigenvalue weighted by molar-refractivity contribution is 0.0989. The van der Waals surface area contributed by atoms with Crippen LogP contribution in [0.3, 0.4) is 0 Å². The molecule has 1 aliphatic rings. The first-order valence-corrected chi connectivity index (χ1v) is 11.9. The van der Waals surface area contributed by atoms with Crippen LogP contribution >= 0.6 is 23.2 Å². The molecule has 0 unspecified atom stereocenters. The van der Waals surface area contributed by atoms with E-state index in [1.807, 2.05) is 0 Å². The number of halogens is 4. The van der Waals surface area contributed by atoms with E-state index in [9.17, 15) is 22.0 Å². The van der Waals surface area contributed by atoms with Crippen LogP contribution in [0.5, 0.6) is 0 Å². The first kappa shape index (κ1) is 22.7. The van der Waals surface area contributed by atoms with Crippen LogP contribution in [-0.2, 0) is 22.9 Å². The summed E-state index contributed by atoms with van der Waals surface area (Å²) in [6.07, 6.45) is 1.06. The Balaban J connectivity index is 1.69. The first-order chi connectivity index (χ1) is 15.2. The molecule has 0 amide bonds. The molecule has 0 saturated heterocycles. The van der Waals surface area contributed by atoms with E-state index < -0.39 is 38.0 Å². The second-order valence-electron chi connectivity index (χ2n) is 7.42. The molecule has 4 rings (SSSR count). The fraction of sp³-hybridized carbons (Fsp3) is 0.174. The fourth-order valence-corrected chi connectivity index (χ4v) is 5.65. The van der Waals surface area contributed by atoms with Crippen LogP contribution in [0.15, 0.2) is 59.5 Å². The number of Topliss-reactive ketones (excluding diaryl/α,β-unsaturated/α-hetero) is 1. The van der Waals surface area contributed by atoms with Gasteiger partial charge in [0.15, 0.2) is 5.78 Å². The van der Waals surface area contributed by atoms with E-state index in [-0.39, 0.29) is 17.9 Å². The summed E-state index contributed by atoms with van der Waals surface area (Å²) in [4.78, 5) is 12.8. The molecule has 0 bridgehead atoms. The molecule has 0 saturated carbocycles. The molecule has 3 aromatic carbocycles. The maximum Gasteiger partial charge on any atom is 0.264 e. The molecule has 0 spiro atoms. The molecule has 0 radical (unpaired) electrons. The summed E-state index contributed by atoms with van der Waals surface area (Å²) in [6, 6.07) is 12.6. The Morgan fingerprint density at radius 1 is 0.969 bits per heavy atom. The molecule has 0 atom stereocenters. The van der Waals surface area contributed by atoms with Gasteiger partial charge in [-0.3, -0.25) is 9.10 Å². The Kier molecular flexibility index (Phi) is 6.25. The predicted molar refractivity (Wildman–Crippen MR) is 120 cm³/mol. The number of sulfonamides is 1. The second-order valence-corrected chi connectivity index (χ2v) is 10.1. The van der Waals surface area contributed by atoms with Crippen molar-refractivity contribution in [3.8, 4) is 0 Å². The molecule has 0 aromatic heterocycles. The van der Waals surface area contributed by atoms with Crippen molar-refractivity contribution in [1.82, 2.24) is 0 Å². The number of hydrogen-bond donors (Lipinski definition) is 0. The molecule has 3 aromatic rings. The summed E-state index contributed by atoms with van der Waals surface area (Å²) in [5.74, 6) is -2.50. The van der Waals surface area contributed by atoms with Crippen LogP contribution in [0, 0.1) is 11.6 Å². The monoisotopic (exact) mass is 495 g/mol. The summed E-state index contributed by atoms with van der Waals surface area (Å²) >= 11 is 11.7. The largest absolute Gasteiger partial charge is 0.294 e. The smallest absolute Gasteiger partial charge is 0.264 e. The minimum atomic E-state index is -3.85. The van der Waals surface area contributed by atoms with Gasteiger partial charge in [0.25, 0.3) is 10.0 Å². The first-order valence-electron chi connectivity index (χ1n) is 9.75. The van der Waals surface area contributed by atoms with Crippen LogP contribution in [0.25, 0.3) is 0 Å². The molecular weight excluding hydrogens is 479 g/mol. The molecule has 1 aliphatic heterocycles. The third kappa shape index (κ3) is 4.25. The van der Waals surface area contributed by atoms with Crippen LogP contribution in [0.1, 0.15) is 27.9 Å². The lowest BCUT2D eigenvalue weighted by Gasteiger charge is -2.31. The minimum absolute atomic E-state index is 0.102. The van der Waals surface area contributed by atoms with Gasteiger partial charge in [-0.1, -0.05) is 35.3 Å². The van der Waals surface area contributed by atoms with Gasteiger partial charge in [-0.05, 0) is 66.4 Å². The third-order valence-corrected chi connectivity index (χ3v) is 7.76. The Labute approximate surface area is 194 Å². The van der Waals surface area contributed by atoms with Crippen LogP contribution in [0.4, 0.5) is 14.5 Å². The number of carbonyl (C=O) groups excluding carboxylic acids is 1. The Bertz CT molecular complexity index is 1310. The zero-order chi connectivity index (χ0) is 23.0. The van der Waals surface area contributed by atoms with Crippen LogP contribution in [-0.4, -0.2) is 20.7 Å². The highest BCUT2D eigenvalue weighted by molar-refractivity contribution is 7.92. The number of aryl methyl sites for hydroxylation is 1. The number of hydrogen-bond acceptors (Lipinski definition) is 3. The van der Waals surface area contributed by atoms with Gasteiger partial charge in [-0.25, -0.2) is 17.2 Å². The van der Waals surface area contributed by atoms with E-state index >= 15 is 0 Å². The average Bonchev–Trinajstić information content (AvgIpc) is 2.76. The van der Waals surface area contributed by atoms with Gasteiger partial charge in [0.2, 0.25) is 0 Å². The van der Waals surface area contributed by atoms with E-state index in [1.54, 1.807) is 18.2 Å². The maximum atomic E-state index is 14.1. The number of benzene rings is 3. The summed E-state index contributed by atoms with van der Waals surface area (Å²) in [7, 11) is -3.85. The molecule has 0 fully saturated rings. The van der Waals surface area contributed by atoms with Gasteiger partial charge >= 0.3 is 0 Å². The predicted octanol–water partition coefficient (Wildman–Crippen LogP) is 5.84. The van der Waals surface area contributed by atoms with Gasteiger partial charge < -0.3 is 0 Å². The summed E-state index contributed by atoms with van der Waals surface area (Å²) in [5, 5.41) is -0.146. The van der Waals surface area contributed by atoms with Crippen molar-refractivity contribution in [3.63, 3.8) is 0 Å². The van der Waals surface area contributed by atoms with Crippen molar-refractivity contribution in [2.45, 2.75) is 24.2 Å². The highest BCUT2D eigenvalue weighted by Crippen LogP contribution is 2.34. The van der Waals surface area contributed by atoms with Gasteiger partial charge in [0.05, 0.1) is 21.2 Å². The van der Waals surface area contributed by atoms with Gasteiger partial charge in [-0.15, -0.1) is 0 Å². The van der Waals surface area contributed by atoms with E-state index in [1.165, 1.54) is 28.6 Å². The van der Waals surface area contributed by atoms with E-state index in [4.69, 9.17) is 23.2 Å². The van der Waals surface area contributed by atoms with Crippen molar-refractivity contribution in [2.75, 3.05) is 10.8 Å². The number of nitrogens with zero attached hydrogens (tertiary/aromatic N) is 1. The molecule has 4 nitrogen and oxygen atoms in total. The average molecular weight is 496 g/mol. The lowest BCUT2D eigenvalue weighted by atomic mass is 9.97. The number of fused-ring (bicyclic) bond motifs is 1. The fourth-order valence-electron chi connectivity index (χ4n) is 3.74. The second kappa shape index (κ2) is 8.81. The Morgan fingerprint density at radius 2 is 1.66 bits per heavy atom. The van der Waals surface area contributed by atoms with Gasteiger partial charge in [0, 0.05) is 18.0 Å². The number of anilines is 1. The van der Waals surface area contributed by atoms with Crippen molar-refractivity contribution in [3.05, 3.63) is 93.0 Å². The van der Waals surface area contributed by atoms with Crippen molar-refractivity contribution in [2.24, 2.45) is 0 Å². The van der Waals surface area contributed by atoms with E-state index in [0.717, 1.165) is 17.7 Å². The molecule has 166 valence electrons. The number of carbonyl (C=O) groups is 1. The highest BCUT2D eigenvalue weighted by atomic mass is 35.5. The van der Waals surface area contributed by atoms with Gasteiger partial charge in [-0.2, -0.15) is 0 Å². The molecule has 0 aliphatic carbocycles. The Hall–Kier alpha value is -2.48. The van der Waals surface area contributed by atoms with E-state index in [2.05, 4.69) is 0 Å². The van der Waals surface area contributed by atoms with Crippen molar-refractivity contribution >= 4 is 44.7 Å².